The fourth-order valence-corrected chi connectivity index (χ4v) is 0.164. The van der Waals surface area contributed by atoms with Crippen LogP contribution in [0.15, 0.2) is 25.7 Å². The smallest absolute Gasteiger partial charge is 0.305 e. The average Bonchev–Trinajstić information content (AvgIpc) is 1.90. The molecule has 0 atom stereocenters. The molecule has 64 valence electrons. The Labute approximate surface area is 65.4 Å². The topological polar surface area (TPSA) is 66.8 Å². The Bertz CT molecular complexity index is 114. The summed E-state index contributed by atoms with van der Waals surface area (Å²) in [4.78, 5) is 9.44. The van der Waals surface area contributed by atoms with Crippen LogP contribution < -0.4 is 0 Å². The number of hydrogen-bond donors (Lipinski definition) is 2. The van der Waals surface area contributed by atoms with Gasteiger partial charge in [-0.25, -0.2) is 0 Å². The van der Waals surface area contributed by atoms with E-state index in [4.69, 9.17) is 10.2 Å². The Balaban J connectivity index is 0. The highest BCUT2D eigenvalue weighted by Crippen LogP contribution is 1.70. The lowest BCUT2D eigenvalue weighted by molar-refractivity contribution is -0.137. The van der Waals surface area contributed by atoms with Crippen LogP contribution in [0.4, 0.5) is 0 Å². The van der Waals surface area contributed by atoms with Gasteiger partial charge in [-0.15, -0.1) is 0 Å². The lowest BCUT2D eigenvalue weighted by atomic mass is 10.5. The van der Waals surface area contributed by atoms with E-state index < -0.39 is 5.97 Å². The highest BCUT2D eigenvalue weighted by atomic mass is 16.5. The molecule has 0 aliphatic carbocycles. The highest BCUT2D eigenvalue weighted by Gasteiger charge is 1.88. The van der Waals surface area contributed by atoms with E-state index in [0.29, 0.717) is 0 Å². The van der Waals surface area contributed by atoms with Gasteiger partial charge in [0.2, 0.25) is 0 Å². The van der Waals surface area contributed by atoms with Crippen LogP contribution in [0.25, 0.3) is 0 Å². The molecule has 4 nitrogen and oxygen atoms in total. The first-order valence-electron chi connectivity index (χ1n) is 2.89. The van der Waals surface area contributed by atoms with Gasteiger partial charge in [0.25, 0.3) is 0 Å². The zero-order valence-corrected chi connectivity index (χ0v) is 6.19. The molecular weight excluding hydrogens is 148 g/mol. The predicted octanol–water partition coefficient (Wildman–Crippen LogP) is 0.743. The number of aliphatic carboxylic acids is 1. The molecule has 0 aliphatic rings. The number of rotatable bonds is 4. The molecule has 0 bridgehead atoms. The second-order valence-corrected chi connectivity index (χ2v) is 1.34. The Morgan fingerprint density at radius 2 is 1.91 bits per heavy atom. The van der Waals surface area contributed by atoms with Crippen molar-refractivity contribution in [1.29, 1.82) is 0 Å². The maximum Gasteiger partial charge on any atom is 0.305 e. The zero-order chi connectivity index (χ0) is 9.11. The van der Waals surface area contributed by atoms with E-state index >= 15 is 0 Å². The minimum Gasteiger partial charge on any atom is -0.481 e. The van der Waals surface area contributed by atoms with Gasteiger partial charge in [-0.2, -0.15) is 0 Å². The fourth-order valence-electron chi connectivity index (χ4n) is 0.164. The second kappa shape index (κ2) is 11.5. The van der Waals surface area contributed by atoms with Gasteiger partial charge in [-0.1, -0.05) is 13.2 Å². The molecule has 0 radical (unpaired) electrons. The number of aliphatic hydroxyl groups excluding tert-OH is 1. The van der Waals surface area contributed by atoms with Gasteiger partial charge >= 0.3 is 5.97 Å². The molecule has 0 rings (SSSR count). The van der Waals surface area contributed by atoms with Crippen LogP contribution in [0.1, 0.15) is 6.42 Å². The van der Waals surface area contributed by atoms with Gasteiger partial charge < -0.3 is 14.9 Å². The third-order valence-corrected chi connectivity index (χ3v) is 0.518. The van der Waals surface area contributed by atoms with Crippen molar-refractivity contribution in [1.82, 2.24) is 0 Å². The molecule has 0 aromatic carbocycles. The summed E-state index contributed by atoms with van der Waals surface area (Å²) in [6.07, 6.45) is 2.47. The zero-order valence-electron chi connectivity index (χ0n) is 6.19. The van der Waals surface area contributed by atoms with Gasteiger partial charge in [0.05, 0.1) is 25.6 Å². The first-order valence-corrected chi connectivity index (χ1v) is 2.89. The van der Waals surface area contributed by atoms with Crippen molar-refractivity contribution < 1.29 is 19.7 Å². The molecule has 0 unspecified atom stereocenters. The van der Waals surface area contributed by atoms with Crippen molar-refractivity contribution >= 4 is 5.97 Å². The van der Waals surface area contributed by atoms with Gasteiger partial charge in [-0.05, 0) is 0 Å². The largest absolute Gasteiger partial charge is 0.481 e. The monoisotopic (exact) mass is 160 g/mol. The van der Waals surface area contributed by atoms with E-state index in [0.717, 1.165) is 0 Å². The van der Waals surface area contributed by atoms with Crippen LogP contribution >= 0.6 is 0 Å². The number of aliphatic hydroxyl groups is 1. The van der Waals surface area contributed by atoms with Crippen molar-refractivity contribution in [2.24, 2.45) is 0 Å². The van der Waals surface area contributed by atoms with E-state index in [-0.39, 0.29) is 13.0 Å². The molecule has 0 spiro atoms. The van der Waals surface area contributed by atoms with Crippen LogP contribution in [-0.2, 0) is 9.53 Å². The minimum atomic E-state index is -0.961. The van der Waals surface area contributed by atoms with E-state index in [9.17, 15) is 4.79 Å². The van der Waals surface area contributed by atoms with Crippen LogP contribution in [0.2, 0.25) is 0 Å². The van der Waals surface area contributed by atoms with Crippen LogP contribution in [-0.4, -0.2) is 22.8 Å². The summed E-state index contributed by atoms with van der Waals surface area (Å²) in [7, 11) is 0. The summed E-state index contributed by atoms with van der Waals surface area (Å²) in [6.45, 7) is 6.25. The summed E-state index contributed by atoms with van der Waals surface area (Å²) >= 11 is 0. The fraction of sp³-hybridized carbons (Fsp3) is 0.286. The summed E-state index contributed by atoms with van der Waals surface area (Å²) in [5.41, 5.74) is 0. The van der Waals surface area contributed by atoms with Crippen molar-refractivity contribution in [2.45, 2.75) is 6.42 Å². The molecule has 4 heteroatoms. The first-order chi connectivity index (χ1) is 5.18. The highest BCUT2D eigenvalue weighted by molar-refractivity contribution is 5.66. The van der Waals surface area contributed by atoms with Crippen LogP contribution in [0, 0.1) is 0 Å². The van der Waals surface area contributed by atoms with E-state index in [2.05, 4.69) is 17.9 Å². The molecule has 0 aliphatic heterocycles. The number of hydrogen-bond acceptors (Lipinski definition) is 3. The summed E-state index contributed by atoms with van der Waals surface area (Å²) in [5.74, 6) is -0.961. The third kappa shape index (κ3) is 28.5. The van der Waals surface area contributed by atoms with E-state index in [1.807, 2.05) is 0 Å². The second-order valence-electron chi connectivity index (χ2n) is 1.34. The molecule has 0 aromatic rings. The average molecular weight is 160 g/mol. The molecule has 0 saturated carbocycles. The summed E-state index contributed by atoms with van der Waals surface area (Å²) in [5, 5.41) is 15.6. The summed E-state index contributed by atoms with van der Waals surface area (Å²) in [6, 6.07) is 0. The number of carboxylic acids is 1. The number of ether oxygens (including phenoxy) is 1. The Kier molecular flexibility index (Phi) is 13.0. The van der Waals surface area contributed by atoms with E-state index in [1.54, 1.807) is 0 Å². The van der Waals surface area contributed by atoms with Gasteiger partial charge in [0, 0.05) is 0 Å². The maximum absolute atomic E-state index is 9.44. The summed E-state index contributed by atoms with van der Waals surface area (Å²) < 4.78 is 4.36. The van der Waals surface area contributed by atoms with Gasteiger partial charge in [0.1, 0.15) is 0 Å². The Morgan fingerprint density at radius 3 is 1.91 bits per heavy atom. The minimum absolute atomic E-state index is 0.153. The molecular formula is C7H12O4. The quantitative estimate of drug-likeness (QED) is 0.595. The predicted molar refractivity (Wildman–Crippen MR) is 40.8 cm³/mol. The first kappa shape index (κ1) is 12.4. The van der Waals surface area contributed by atoms with Gasteiger partial charge in [0.15, 0.2) is 0 Å². The van der Waals surface area contributed by atoms with Crippen molar-refractivity contribution in [3.05, 3.63) is 25.7 Å². The van der Waals surface area contributed by atoms with Crippen molar-refractivity contribution in [3.63, 3.8) is 0 Å². The third-order valence-electron chi connectivity index (χ3n) is 0.518. The lowest BCUT2D eigenvalue weighted by Gasteiger charge is -1.79. The molecule has 2 N–H and O–H groups in total. The van der Waals surface area contributed by atoms with Gasteiger partial charge in [-0.3, -0.25) is 4.79 Å². The van der Waals surface area contributed by atoms with Crippen LogP contribution in [0.5, 0.6) is 0 Å². The number of carboxylic acid groups (broad SMARTS) is 1. The van der Waals surface area contributed by atoms with Crippen molar-refractivity contribution in [3.8, 4) is 0 Å². The standard InChI is InChI=1S/C4H6O.C3H6O3/c1-3-5-4-2;4-2-1-3(5)6/h3-4H,1-2H2;4H,1-2H2,(H,5,6). The van der Waals surface area contributed by atoms with Crippen molar-refractivity contribution in [2.75, 3.05) is 6.61 Å². The maximum atomic E-state index is 9.44. The SMILES string of the molecule is C=COC=C.O=C(O)CCO. The molecule has 0 saturated heterocycles. The molecule has 0 amide bonds. The molecule has 0 aromatic heterocycles. The lowest BCUT2D eigenvalue weighted by Crippen LogP contribution is -1.96. The molecule has 0 fully saturated rings. The normalized spacial score (nSPS) is 7.00. The van der Waals surface area contributed by atoms with Crippen LogP contribution in [0.3, 0.4) is 0 Å². The molecule has 0 heterocycles. The molecule has 11 heavy (non-hydrogen) atoms. The Hall–Kier alpha value is -1.29. The number of carbonyl (C=O) groups is 1. The Morgan fingerprint density at radius 1 is 1.45 bits per heavy atom. The van der Waals surface area contributed by atoms with E-state index in [1.165, 1.54) is 12.5 Å².